The topological polar surface area (TPSA) is 84.9 Å². The molecular formula is C19H24N2O5. The molecule has 140 valence electrons. The van der Waals surface area contributed by atoms with E-state index in [-0.39, 0.29) is 24.5 Å². The molecular weight excluding hydrogens is 336 g/mol. The maximum absolute atomic E-state index is 12.2. The molecule has 7 nitrogen and oxygen atoms in total. The lowest BCUT2D eigenvalue weighted by molar-refractivity contribution is -0.133. The lowest BCUT2D eigenvalue weighted by atomic mass is 9.88. The van der Waals surface area contributed by atoms with Gasteiger partial charge in [0.1, 0.15) is 6.61 Å². The van der Waals surface area contributed by atoms with Crippen LogP contribution >= 0.6 is 0 Å². The van der Waals surface area contributed by atoms with Crippen LogP contribution in [0.4, 0.5) is 4.79 Å². The van der Waals surface area contributed by atoms with E-state index in [1.807, 2.05) is 12.2 Å². The number of benzene rings is 1. The Bertz CT molecular complexity index is 682. The minimum Gasteiger partial charge on any atom is -0.465 e. The highest BCUT2D eigenvalue weighted by molar-refractivity contribution is 5.89. The maximum atomic E-state index is 12.2. The third-order valence-electron chi connectivity index (χ3n) is 4.21. The number of nitrogens with zero attached hydrogens (tertiary/aromatic N) is 1. The fourth-order valence-electron chi connectivity index (χ4n) is 2.77. The molecule has 0 unspecified atom stereocenters. The van der Waals surface area contributed by atoms with Gasteiger partial charge >= 0.3 is 12.1 Å². The van der Waals surface area contributed by atoms with Crippen LogP contribution in [-0.2, 0) is 20.9 Å². The fraction of sp³-hybridized carbons (Fsp3) is 0.421. The smallest absolute Gasteiger partial charge is 0.407 e. The van der Waals surface area contributed by atoms with Crippen LogP contribution in [0.15, 0.2) is 36.4 Å². The monoisotopic (exact) mass is 360 g/mol. The second-order valence-corrected chi connectivity index (χ2v) is 6.28. The highest BCUT2D eigenvalue weighted by atomic mass is 16.5. The highest BCUT2D eigenvalue weighted by Gasteiger charge is 2.30. The van der Waals surface area contributed by atoms with E-state index in [1.165, 1.54) is 12.0 Å². The predicted octanol–water partition coefficient (Wildman–Crippen LogP) is 2.12. The van der Waals surface area contributed by atoms with Gasteiger partial charge in [0.2, 0.25) is 5.91 Å². The maximum Gasteiger partial charge on any atom is 0.407 e. The zero-order valence-electron chi connectivity index (χ0n) is 15.2. The summed E-state index contributed by atoms with van der Waals surface area (Å²) in [7, 11) is 4.72. The standard InChI is InChI=1S/C19H24N2O5/c1-21(2)17(22)15-6-4-5-7-16(15)20-19(24)26-12-13-8-10-14(11-9-13)18(23)25-3/h5,7-11,15-16H,4,6,12H2,1-3H3,(H,20,24)/t15-,16+/m0/s1. The van der Waals surface area contributed by atoms with E-state index in [0.29, 0.717) is 12.0 Å². The average Bonchev–Trinajstić information content (AvgIpc) is 2.66. The van der Waals surface area contributed by atoms with E-state index < -0.39 is 12.1 Å². The number of nitrogens with one attached hydrogen (secondary N) is 1. The van der Waals surface area contributed by atoms with Crippen LogP contribution in [-0.4, -0.2) is 50.1 Å². The van der Waals surface area contributed by atoms with Crippen molar-refractivity contribution in [1.82, 2.24) is 10.2 Å². The number of esters is 1. The van der Waals surface area contributed by atoms with Crippen molar-refractivity contribution >= 4 is 18.0 Å². The molecule has 0 aliphatic heterocycles. The Hall–Kier alpha value is -2.83. The number of amides is 2. The lowest BCUT2D eigenvalue weighted by Gasteiger charge is -2.29. The molecule has 0 heterocycles. The third-order valence-corrected chi connectivity index (χ3v) is 4.21. The number of allylic oxidation sites excluding steroid dienone is 1. The van der Waals surface area contributed by atoms with Gasteiger partial charge < -0.3 is 19.7 Å². The summed E-state index contributed by atoms with van der Waals surface area (Å²) in [5, 5.41) is 2.74. The zero-order valence-corrected chi connectivity index (χ0v) is 15.2. The quantitative estimate of drug-likeness (QED) is 0.642. The van der Waals surface area contributed by atoms with Crippen molar-refractivity contribution in [2.75, 3.05) is 21.2 Å². The number of hydrogen-bond acceptors (Lipinski definition) is 5. The van der Waals surface area contributed by atoms with Crippen molar-refractivity contribution in [3.8, 4) is 0 Å². The first-order valence-electron chi connectivity index (χ1n) is 8.40. The van der Waals surface area contributed by atoms with E-state index >= 15 is 0 Å². The Morgan fingerprint density at radius 2 is 1.88 bits per heavy atom. The highest BCUT2D eigenvalue weighted by Crippen LogP contribution is 2.21. The molecule has 0 spiro atoms. The molecule has 26 heavy (non-hydrogen) atoms. The Morgan fingerprint density at radius 1 is 1.19 bits per heavy atom. The molecule has 1 aromatic carbocycles. The minimum atomic E-state index is -0.588. The lowest BCUT2D eigenvalue weighted by Crippen LogP contribution is -2.46. The zero-order chi connectivity index (χ0) is 19.1. The van der Waals surface area contributed by atoms with Gasteiger partial charge in [-0.2, -0.15) is 0 Å². The largest absolute Gasteiger partial charge is 0.465 e. The van der Waals surface area contributed by atoms with Crippen LogP contribution in [0.5, 0.6) is 0 Å². The van der Waals surface area contributed by atoms with Crippen molar-refractivity contribution in [2.45, 2.75) is 25.5 Å². The van der Waals surface area contributed by atoms with Crippen LogP contribution in [0.3, 0.4) is 0 Å². The molecule has 0 radical (unpaired) electrons. The second kappa shape index (κ2) is 9.03. The van der Waals surface area contributed by atoms with Gasteiger partial charge in [0.05, 0.1) is 24.6 Å². The van der Waals surface area contributed by atoms with Gasteiger partial charge in [0, 0.05) is 14.1 Å². The molecule has 0 fully saturated rings. The van der Waals surface area contributed by atoms with Crippen molar-refractivity contribution in [3.63, 3.8) is 0 Å². The summed E-state index contributed by atoms with van der Waals surface area (Å²) in [4.78, 5) is 37.2. The third kappa shape index (κ3) is 5.08. The SMILES string of the molecule is COC(=O)c1ccc(COC(=O)N[C@@H]2C=CCC[C@@H]2C(=O)N(C)C)cc1. The molecule has 7 heteroatoms. The van der Waals surface area contributed by atoms with Crippen LogP contribution < -0.4 is 5.32 Å². The molecule has 1 N–H and O–H groups in total. The fourth-order valence-corrected chi connectivity index (χ4v) is 2.77. The van der Waals surface area contributed by atoms with E-state index in [2.05, 4.69) is 10.1 Å². The van der Waals surface area contributed by atoms with Crippen molar-refractivity contribution in [2.24, 2.45) is 5.92 Å². The first-order chi connectivity index (χ1) is 12.4. The second-order valence-electron chi connectivity index (χ2n) is 6.28. The van der Waals surface area contributed by atoms with Crippen LogP contribution in [0.25, 0.3) is 0 Å². The number of alkyl carbamates (subject to hydrolysis) is 1. The molecule has 0 bridgehead atoms. The van der Waals surface area contributed by atoms with Gasteiger partial charge in [-0.1, -0.05) is 24.3 Å². The molecule has 0 saturated heterocycles. The van der Waals surface area contributed by atoms with Gasteiger partial charge in [0.25, 0.3) is 0 Å². The summed E-state index contributed by atoms with van der Waals surface area (Å²) in [6, 6.07) is 6.22. The number of carbonyl (C=O) groups excluding carboxylic acids is 3. The molecule has 2 rings (SSSR count). The van der Waals surface area contributed by atoms with Crippen LogP contribution in [0.2, 0.25) is 0 Å². The molecule has 2 amide bonds. The van der Waals surface area contributed by atoms with E-state index in [0.717, 1.165) is 12.0 Å². The minimum absolute atomic E-state index is 0.0157. The summed E-state index contributed by atoms with van der Waals surface area (Å²) < 4.78 is 9.85. The van der Waals surface area contributed by atoms with Gasteiger partial charge in [-0.05, 0) is 30.5 Å². The summed E-state index contributed by atoms with van der Waals surface area (Å²) in [6.45, 7) is 0.0655. The van der Waals surface area contributed by atoms with Gasteiger partial charge in [0.15, 0.2) is 0 Å². The summed E-state index contributed by atoms with van der Waals surface area (Å²) >= 11 is 0. The van der Waals surface area contributed by atoms with Gasteiger partial charge in [-0.3, -0.25) is 4.79 Å². The predicted molar refractivity (Wildman–Crippen MR) is 95.4 cm³/mol. The number of ether oxygens (including phenoxy) is 2. The van der Waals surface area contributed by atoms with Crippen LogP contribution in [0.1, 0.15) is 28.8 Å². The van der Waals surface area contributed by atoms with Gasteiger partial charge in [-0.25, -0.2) is 9.59 Å². The van der Waals surface area contributed by atoms with Crippen molar-refractivity contribution < 1.29 is 23.9 Å². The Balaban J connectivity index is 1.89. The van der Waals surface area contributed by atoms with E-state index in [9.17, 15) is 14.4 Å². The molecule has 0 saturated carbocycles. The Labute approximate surface area is 153 Å². The number of hydrogen-bond donors (Lipinski definition) is 1. The summed E-state index contributed by atoms with van der Waals surface area (Å²) in [6.07, 6.45) is 4.70. The van der Waals surface area contributed by atoms with Crippen molar-refractivity contribution in [1.29, 1.82) is 0 Å². The molecule has 1 aliphatic carbocycles. The number of rotatable bonds is 5. The Morgan fingerprint density at radius 3 is 2.50 bits per heavy atom. The Kier molecular flexibility index (Phi) is 6.77. The number of methoxy groups -OCH3 is 1. The normalized spacial score (nSPS) is 18.7. The summed E-state index contributed by atoms with van der Waals surface area (Å²) in [5.41, 5.74) is 1.17. The summed E-state index contributed by atoms with van der Waals surface area (Å²) in [5.74, 6) is -0.726. The van der Waals surface area contributed by atoms with E-state index in [4.69, 9.17) is 4.74 Å². The average molecular weight is 360 g/mol. The van der Waals surface area contributed by atoms with E-state index in [1.54, 1.807) is 38.4 Å². The number of carbonyl (C=O) groups is 3. The first kappa shape index (κ1) is 19.5. The van der Waals surface area contributed by atoms with Crippen LogP contribution in [0, 0.1) is 5.92 Å². The van der Waals surface area contributed by atoms with Gasteiger partial charge in [-0.15, -0.1) is 0 Å². The molecule has 0 aromatic heterocycles. The van der Waals surface area contributed by atoms with Crippen molar-refractivity contribution in [3.05, 3.63) is 47.5 Å². The molecule has 1 aliphatic rings. The first-order valence-corrected chi connectivity index (χ1v) is 8.40. The molecule has 1 aromatic rings. The molecule has 2 atom stereocenters.